The number of fused-ring (bicyclic) bond motifs is 1. The molecule has 1 amide bonds. The van der Waals surface area contributed by atoms with Crippen LogP contribution in [-0.2, 0) is 0 Å². The largest absolute Gasteiger partial charge is 0.486 e. The molecule has 2 aromatic rings. The molecule has 3 heterocycles. The summed E-state index contributed by atoms with van der Waals surface area (Å²) in [6.45, 7) is 2.69. The molecule has 0 unspecified atom stereocenters. The van der Waals surface area contributed by atoms with Crippen molar-refractivity contribution in [3.8, 4) is 11.5 Å². The first kappa shape index (κ1) is 15.7. The van der Waals surface area contributed by atoms with Crippen LogP contribution in [0.15, 0.2) is 30.5 Å². The van der Waals surface area contributed by atoms with Gasteiger partial charge in [-0.15, -0.1) is 0 Å². The van der Waals surface area contributed by atoms with Crippen molar-refractivity contribution in [1.82, 2.24) is 14.9 Å². The van der Waals surface area contributed by atoms with E-state index in [1.54, 1.807) is 12.3 Å². The maximum absolute atomic E-state index is 12.6. The number of piperidine rings is 1. The highest BCUT2D eigenvalue weighted by molar-refractivity contribution is 5.92. The normalized spacial score (nSPS) is 16.4. The van der Waals surface area contributed by atoms with E-state index in [9.17, 15) is 4.79 Å². The molecule has 1 N–H and O–H groups in total. The summed E-state index contributed by atoms with van der Waals surface area (Å²) in [5.41, 5.74) is 1.20. The van der Waals surface area contributed by atoms with E-state index in [1.165, 1.54) is 6.42 Å². The lowest BCUT2D eigenvalue weighted by molar-refractivity contribution is 0.0718. The lowest BCUT2D eigenvalue weighted by Crippen LogP contribution is -2.36. The van der Waals surface area contributed by atoms with E-state index in [1.807, 2.05) is 23.1 Å². The maximum Gasteiger partial charge on any atom is 0.272 e. The number of likely N-dealkylation sites (tertiary alicyclic amines) is 1. The number of carbonyl (C=O) groups is 1. The molecule has 7 nitrogen and oxygen atoms in total. The fourth-order valence-electron chi connectivity index (χ4n) is 3.05. The number of aromatic nitrogens is 2. The summed E-state index contributed by atoms with van der Waals surface area (Å²) in [5, 5.41) is 3.12. The molecule has 1 aromatic heterocycles. The van der Waals surface area contributed by atoms with E-state index in [4.69, 9.17) is 9.47 Å². The zero-order valence-corrected chi connectivity index (χ0v) is 13.9. The quantitative estimate of drug-likeness (QED) is 0.925. The molecule has 0 atom stereocenters. The van der Waals surface area contributed by atoms with Gasteiger partial charge in [-0.25, -0.2) is 9.97 Å². The van der Waals surface area contributed by atoms with Crippen molar-refractivity contribution in [3.63, 3.8) is 0 Å². The highest BCUT2D eigenvalue weighted by Crippen LogP contribution is 2.33. The molecule has 0 aliphatic carbocycles. The predicted molar refractivity (Wildman–Crippen MR) is 92.5 cm³/mol. The van der Waals surface area contributed by atoms with Crippen LogP contribution < -0.4 is 14.8 Å². The summed E-state index contributed by atoms with van der Waals surface area (Å²) in [4.78, 5) is 23.0. The van der Waals surface area contributed by atoms with Crippen molar-refractivity contribution in [2.45, 2.75) is 19.3 Å². The van der Waals surface area contributed by atoms with Crippen molar-refractivity contribution in [1.29, 1.82) is 0 Å². The van der Waals surface area contributed by atoms with E-state index >= 15 is 0 Å². The fraction of sp³-hybridized carbons (Fsp3) is 0.389. The van der Waals surface area contributed by atoms with E-state index in [2.05, 4.69) is 15.3 Å². The number of carbonyl (C=O) groups excluding carboxylic acids is 1. The summed E-state index contributed by atoms with van der Waals surface area (Å²) in [7, 11) is 0. The zero-order chi connectivity index (χ0) is 17.1. The molecule has 25 heavy (non-hydrogen) atoms. The number of amides is 1. The summed E-state index contributed by atoms with van der Waals surface area (Å²) >= 11 is 0. The molecular formula is C18H20N4O3. The molecule has 0 spiro atoms. The third kappa shape index (κ3) is 3.50. The van der Waals surface area contributed by atoms with Gasteiger partial charge >= 0.3 is 0 Å². The summed E-state index contributed by atoms with van der Waals surface area (Å²) in [6.07, 6.45) is 4.90. The van der Waals surface area contributed by atoms with Crippen molar-refractivity contribution >= 4 is 17.5 Å². The Balaban J connectivity index is 1.50. The van der Waals surface area contributed by atoms with E-state index in [0.717, 1.165) is 37.4 Å². The van der Waals surface area contributed by atoms with Crippen LogP contribution >= 0.6 is 0 Å². The lowest BCUT2D eigenvalue weighted by Gasteiger charge is -2.26. The zero-order valence-electron chi connectivity index (χ0n) is 13.9. The minimum atomic E-state index is -0.0349. The molecule has 0 bridgehead atoms. The number of nitrogens with zero attached hydrogens (tertiary/aromatic N) is 3. The molecule has 0 saturated carbocycles. The summed E-state index contributed by atoms with van der Waals surface area (Å²) < 4.78 is 11.1. The molecule has 130 valence electrons. The van der Waals surface area contributed by atoms with Crippen LogP contribution in [0.3, 0.4) is 0 Å². The minimum absolute atomic E-state index is 0.0349. The van der Waals surface area contributed by atoms with Crippen molar-refractivity contribution < 1.29 is 14.3 Å². The number of benzene rings is 1. The fourth-order valence-corrected chi connectivity index (χ4v) is 3.05. The Labute approximate surface area is 146 Å². The van der Waals surface area contributed by atoms with Gasteiger partial charge in [-0.1, -0.05) is 0 Å². The molecule has 7 heteroatoms. The Morgan fingerprint density at radius 3 is 2.68 bits per heavy atom. The second-order valence-corrected chi connectivity index (χ2v) is 6.10. The number of hydrogen-bond acceptors (Lipinski definition) is 6. The minimum Gasteiger partial charge on any atom is -0.486 e. The van der Waals surface area contributed by atoms with Gasteiger partial charge in [0.15, 0.2) is 11.5 Å². The lowest BCUT2D eigenvalue weighted by atomic mass is 10.1. The van der Waals surface area contributed by atoms with Crippen LogP contribution in [0.5, 0.6) is 11.5 Å². The highest BCUT2D eigenvalue weighted by atomic mass is 16.6. The topological polar surface area (TPSA) is 76.6 Å². The van der Waals surface area contributed by atoms with Crippen LogP contribution in [0, 0.1) is 0 Å². The van der Waals surface area contributed by atoms with Crippen molar-refractivity contribution in [3.05, 3.63) is 36.2 Å². The van der Waals surface area contributed by atoms with Crippen LogP contribution in [0.4, 0.5) is 11.6 Å². The first-order chi connectivity index (χ1) is 12.3. The van der Waals surface area contributed by atoms with Gasteiger partial charge in [0.1, 0.15) is 18.9 Å². The number of nitrogens with one attached hydrogen (secondary N) is 1. The van der Waals surface area contributed by atoms with Gasteiger partial charge in [0, 0.05) is 31.0 Å². The molecule has 2 aliphatic heterocycles. The third-order valence-electron chi connectivity index (χ3n) is 4.32. The number of ether oxygens (including phenoxy) is 2. The maximum atomic E-state index is 12.6. The van der Waals surface area contributed by atoms with E-state index < -0.39 is 0 Å². The Morgan fingerprint density at radius 2 is 1.84 bits per heavy atom. The van der Waals surface area contributed by atoms with Gasteiger partial charge in [0.05, 0.1) is 0 Å². The molecule has 0 radical (unpaired) electrons. The number of rotatable bonds is 3. The molecule has 1 fully saturated rings. The van der Waals surface area contributed by atoms with Gasteiger partial charge in [-0.3, -0.25) is 4.79 Å². The molecule has 1 saturated heterocycles. The van der Waals surface area contributed by atoms with Gasteiger partial charge in [0.2, 0.25) is 5.95 Å². The average molecular weight is 340 g/mol. The molecule has 2 aliphatic rings. The van der Waals surface area contributed by atoms with Crippen molar-refractivity contribution in [2.75, 3.05) is 31.6 Å². The summed E-state index contributed by atoms with van der Waals surface area (Å²) in [5.74, 6) is 1.77. The van der Waals surface area contributed by atoms with Crippen LogP contribution in [0.1, 0.15) is 29.8 Å². The second-order valence-electron chi connectivity index (χ2n) is 6.10. The number of hydrogen-bond donors (Lipinski definition) is 1. The number of anilines is 2. The Morgan fingerprint density at radius 1 is 1.04 bits per heavy atom. The third-order valence-corrected chi connectivity index (χ3v) is 4.32. The highest BCUT2D eigenvalue weighted by Gasteiger charge is 2.20. The van der Waals surface area contributed by atoms with E-state index in [0.29, 0.717) is 30.6 Å². The van der Waals surface area contributed by atoms with Gasteiger partial charge in [-0.2, -0.15) is 0 Å². The summed E-state index contributed by atoms with van der Waals surface area (Å²) in [6, 6.07) is 7.22. The molecule has 1 aromatic carbocycles. The smallest absolute Gasteiger partial charge is 0.272 e. The predicted octanol–water partition coefficient (Wildman–Crippen LogP) is 2.62. The average Bonchev–Trinajstić information content (AvgIpc) is 2.68. The first-order valence-corrected chi connectivity index (χ1v) is 8.58. The monoisotopic (exact) mass is 340 g/mol. The van der Waals surface area contributed by atoms with Gasteiger partial charge in [0.25, 0.3) is 5.91 Å². The van der Waals surface area contributed by atoms with Crippen LogP contribution in [0.25, 0.3) is 0 Å². The van der Waals surface area contributed by atoms with Crippen molar-refractivity contribution in [2.24, 2.45) is 0 Å². The Bertz CT molecular complexity index is 775. The van der Waals surface area contributed by atoms with Crippen LogP contribution in [-0.4, -0.2) is 47.1 Å². The van der Waals surface area contributed by atoms with E-state index in [-0.39, 0.29) is 5.91 Å². The molecular weight excluding hydrogens is 320 g/mol. The molecule has 4 rings (SSSR count). The SMILES string of the molecule is O=C(c1ccnc(Nc2ccc3c(c2)OCCO3)n1)N1CCCCC1. The Hall–Kier alpha value is -2.83. The van der Waals surface area contributed by atoms with Crippen LogP contribution in [0.2, 0.25) is 0 Å². The second kappa shape index (κ2) is 6.96. The Kier molecular flexibility index (Phi) is 4.37. The van der Waals surface area contributed by atoms with Gasteiger partial charge in [-0.05, 0) is 37.5 Å². The first-order valence-electron chi connectivity index (χ1n) is 8.58. The van der Waals surface area contributed by atoms with Gasteiger partial charge < -0.3 is 19.7 Å². The standard InChI is InChI=1S/C18H20N4O3/c23-17(22-8-2-1-3-9-22)14-6-7-19-18(21-14)20-13-4-5-15-16(12-13)25-11-10-24-15/h4-7,12H,1-3,8-11H2,(H,19,20,21).